The maximum absolute atomic E-state index is 13.9. The maximum Gasteiger partial charge on any atom is 0.264 e. The molecule has 0 spiro atoms. The van der Waals surface area contributed by atoms with Crippen LogP contribution in [0.2, 0.25) is 5.02 Å². The highest BCUT2D eigenvalue weighted by atomic mass is 35.5. The molecule has 1 fully saturated rings. The van der Waals surface area contributed by atoms with E-state index < -0.39 is 21.7 Å². The lowest BCUT2D eigenvalue weighted by molar-refractivity contribution is -0.118. The number of rotatable bonds is 8. The number of anilines is 1. The van der Waals surface area contributed by atoms with E-state index in [9.17, 15) is 17.6 Å². The molecule has 5 rings (SSSR count). The smallest absolute Gasteiger partial charge is 0.264 e. The lowest BCUT2D eigenvalue weighted by Gasteiger charge is -2.39. The Morgan fingerprint density at radius 3 is 2.29 bits per heavy atom. The number of nitrogens with zero attached hydrogens (tertiary/aromatic N) is 2. The minimum absolute atomic E-state index is 0.00587. The summed E-state index contributed by atoms with van der Waals surface area (Å²) >= 11 is 6.16. The number of piperazine rings is 1. The van der Waals surface area contributed by atoms with Gasteiger partial charge >= 0.3 is 0 Å². The van der Waals surface area contributed by atoms with Crippen LogP contribution in [0.15, 0.2) is 83.3 Å². The zero-order valence-electron chi connectivity index (χ0n) is 24.1. The van der Waals surface area contributed by atoms with Gasteiger partial charge in [0.15, 0.2) is 0 Å². The van der Waals surface area contributed by atoms with Crippen molar-refractivity contribution in [2.45, 2.75) is 44.4 Å². The average molecular weight is 610 g/mol. The van der Waals surface area contributed by atoms with Crippen molar-refractivity contribution in [3.63, 3.8) is 0 Å². The van der Waals surface area contributed by atoms with E-state index in [2.05, 4.69) is 40.5 Å². The van der Waals surface area contributed by atoms with Crippen LogP contribution < -0.4 is 9.62 Å². The molecular formula is C33H37ClFN3O3S. The molecule has 6 nitrogen and oxygen atoms in total. The van der Waals surface area contributed by atoms with E-state index in [1.54, 1.807) is 18.2 Å². The van der Waals surface area contributed by atoms with Crippen LogP contribution in [0.4, 0.5) is 10.1 Å². The number of amides is 1. The van der Waals surface area contributed by atoms with Gasteiger partial charge < -0.3 is 4.90 Å². The van der Waals surface area contributed by atoms with Crippen LogP contribution in [0.3, 0.4) is 0 Å². The summed E-state index contributed by atoms with van der Waals surface area (Å²) in [4.78, 5) is 17.1. The van der Waals surface area contributed by atoms with Crippen LogP contribution in [0.1, 0.15) is 44.2 Å². The van der Waals surface area contributed by atoms with E-state index in [4.69, 9.17) is 11.6 Å². The van der Waals surface area contributed by atoms with Gasteiger partial charge in [0, 0.05) is 43.4 Å². The Balaban J connectivity index is 1.19. The summed E-state index contributed by atoms with van der Waals surface area (Å²) in [6.45, 7) is 9.12. The number of sulfonamides is 1. The number of hydrogen-bond donors (Lipinski definition) is 1. The van der Waals surface area contributed by atoms with Crippen molar-refractivity contribution in [3.8, 4) is 0 Å². The predicted molar refractivity (Wildman–Crippen MR) is 167 cm³/mol. The topological polar surface area (TPSA) is 69.7 Å². The number of benzene rings is 3. The highest BCUT2D eigenvalue weighted by Crippen LogP contribution is 2.43. The van der Waals surface area contributed by atoms with Gasteiger partial charge in [0.1, 0.15) is 5.82 Å². The van der Waals surface area contributed by atoms with Gasteiger partial charge in [-0.3, -0.25) is 9.69 Å². The highest BCUT2D eigenvalue weighted by molar-refractivity contribution is 7.90. The summed E-state index contributed by atoms with van der Waals surface area (Å²) in [5.74, 6) is -1.33. The molecule has 1 aliphatic heterocycles. The molecule has 1 saturated heterocycles. The van der Waals surface area contributed by atoms with Gasteiger partial charge in [-0.25, -0.2) is 17.5 Å². The summed E-state index contributed by atoms with van der Waals surface area (Å²) in [6, 6.07) is 20.6. The van der Waals surface area contributed by atoms with Crippen molar-refractivity contribution in [1.29, 1.82) is 0 Å². The van der Waals surface area contributed by atoms with Crippen LogP contribution in [-0.4, -0.2) is 51.9 Å². The fourth-order valence-electron chi connectivity index (χ4n) is 5.79. The summed E-state index contributed by atoms with van der Waals surface area (Å²) in [5.41, 5.74) is 5.58. The zero-order chi connectivity index (χ0) is 29.9. The monoisotopic (exact) mass is 609 g/mol. The van der Waals surface area contributed by atoms with E-state index in [0.29, 0.717) is 0 Å². The molecule has 1 heterocycles. The first-order valence-electron chi connectivity index (χ1n) is 14.3. The van der Waals surface area contributed by atoms with Crippen molar-refractivity contribution in [2.75, 3.05) is 37.6 Å². The van der Waals surface area contributed by atoms with Crippen LogP contribution >= 0.6 is 11.6 Å². The lowest BCUT2D eigenvalue weighted by atomic mass is 9.72. The van der Waals surface area contributed by atoms with Crippen molar-refractivity contribution in [3.05, 3.63) is 100 Å². The Bertz CT molecular complexity index is 1560. The molecular weight excluding hydrogens is 573 g/mol. The molecule has 9 heteroatoms. The number of nitrogens with one attached hydrogen (secondary N) is 1. The molecule has 0 unspecified atom stereocenters. The van der Waals surface area contributed by atoms with Gasteiger partial charge in [0.25, 0.3) is 10.0 Å². The van der Waals surface area contributed by atoms with Crippen molar-refractivity contribution in [2.24, 2.45) is 5.41 Å². The molecule has 0 saturated carbocycles. The predicted octanol–water partition coefficient (Wildman–Crippen LogP) is 6.31. The third-order valence-electron chi connectivity index (χ3n) is 8.23. The minimum Gasteiger partial charge on any atom is -0.369 e. The average Bonchev–Trinajstić information content (AvgIpc) is 2.96. The first-order valence-corrected chi connectivity index (χ1v) is 16.2. The van der Waals surface area contributed by atoms with Gasteiger partial charge in [-0.05, 0) is 83.8 Å². The summed E-state index contributed by atoms with van der Waals surface area (Å²) < 4.78 is 41.4. The summed E-state index contributed by atoms with van der Waals surface area (Å²) in [6.07, 6.45) is 2.98. The van der Waals surface area contributed by atoms with E-state index in [0.717, 1.165) is 56.3 Å². The molecule has 3 aromatic rings. The molecule has 222 valence electrons. The van der Waals surface area contributed by atoms with Crippen LogP contribution in [0.5, 0.6) is 0 Å². The number of halogens is 2. The van der Waals surface area contributed by atoms with E-state index in [1.807, 2.05) is 12.1 Å². The largest absolute Gasteiger partial charge is 0.369 e. The molecule has 2 aliphatic rings. The van der Waals surface area contributed by atoms with E-state index >= 15 is 0 Å². The van der Waals surface area contributed by atoms with Crippen LogP contribution in [0, 0.1) is 11.2 Å². The Morgan fingerprint density at radius 2 is 1.62 bits per heavy atom. The quantitative estimate of drug-likeness (QED) is 0.324. The second kappa shape index (κ2) is 12.6. The van der Waals surface area contributed by atoms with Gasteiger partial charge in [-0.2, -0.15) is 0 Å². The third-order valence-corrected chi connectivity index (χ3v) is 9.88. The molecule has 1 aliphatic carbocycles. The third kappa shape index (κ3) is 7.41. The lowest BCUT2D eigenvalue weighted by Crippen LogP contribution is -2.47. The summed E-state index contributed by atoms with van der Waals surface area (Å²) in [7, 11) is -4.07. The fraction of sp³-hybridized carbons (Fsp3) is 0.364. The Kier molecular flexibility index (Phi) is 9.06. The zero-order valence-corrected chi connectivity index (χ0v) is 25.6. The minimum atomic E-state index is -4.07. The van der Waals surface area contributed by atoms with E-state index in [-0.39, 0.29) is 22.3 Å². The standard InChI is InChI=1S/C33H37ClFN3O3S/c1-33(2)16-15-26(30(22-33)24-7-9-27(34)10-8-24)23-37-17-19-38(20-18-37)28-11-13-29(14-12-28)42(40,41)36-32(39)21-25-5-3-4-6-31(25)35/h3-14H,15-23H2,1-2H3,(H,36,39). The Morgan fingerprint density at radius 1 is 0.952 bits per heavy atom. The van der Waals surface area contributed by atoms with Gasteiger partial charge in [-0.1, -0.05) is 61.4 Å². The highest BCUT2D eigenvalue weighted by Gasteiger charge is 2.29. The Labute approximate surface area is 253 Å². The fourth-order valence-corrected chi connectivity index (χ4v) is 6.90. The first kappa shape index (κ1) is 30.3. The number of allylic oxidation sites excluding steroid dienone is 1. The second-order valence-corrected chi connectivity index (χ2v) is 14.1. The molecule has 3 aromatic carbocycles. The van der Waals surface area contributed by atoms with Crippen molar-refractivity contribution < 1.29 is 17.6 Å². The van der Waals surface area contributed by atoms with Crippen molar-refractivity contribution in [1.82, 2.24) is 9.62 Å². The Hall–Kier alpha value is -3.20. The van der Waals surface area contributed by atoms with Crippen molar-refractivity contribution >= 4 is 38.8 Å². The van der Waals surface area contributed by atoms with Crippen LogP contribution in [0.25, 0.3) is 5.57 Å². The van der Waals surface area contributed by atoms with Gasteiger partial charge in [-0.15, -0.1) is 0 Å². The SMILES string of the molecule is CC1(C)CCC(CN2CCN(c3ccc(S(=O)(=O)NC(=O)Cc4ccccc4F)cc3)CC2)=C(c2ccc(Cl)cc2)C1. The van der Waals surface area contributed by atoms with E-state index in [1.165, 1.54) is 53.5 Å². The molecule has 1 amide bonds. The molecule has 1 N–H and O–H groups in total. The molecule has 42 heavy (non-hydrogen) atoms. The molecule has 0 radical (unpaired) electrons. The molecule has 0 atom stereocenters. The second-order valence-electron chi connectivity index (χ2n) is 12.0. The van der Waals surface area contributed by atoms with Crippen LogP contribution in [-0.2, 0) is 21.2 Å². The number of carbonyl (C=O) groups excluding carboxylic acids is 1. The maximum atomic E-state index is 13.9. The number of hydrogen-bond acceptors (Lipinski definition) is 5. The normalized spacial score (nSPS) is 17.8. The molecule has 0 aromatic heterocycles. The number of carbonyl (C=O) groups is 1. The first-order chi connectivity index (χ1) is 20.0. The van der Waals surface area contributed by atoms with Gasteiger partial charge in [0.05, 0.1) is 11.3 Å². The molecule has 0 bridgehead atoms. The van der Waals surface area contributed by atoms with Gasteiger partial charge in [0.2, 0.25) is 5.91 Å². The summed E-state index contributed by atoms with van der Waals surface area (Å²) in [5, 5.41) is 0.752.